The lowest BCUT2D eigenvalue weighted by Gasteiger charge is -2.26. The Morgan fingerprint density at radius 1 is 1.15 bits per heavy atom. The third-order valence-electron chi connectivity index (χ3n) is 5.60. The van der Waals surface area contributed by atoms with E-state index in [9.17, 15) is 4.79 Å². The number of rotatable bonds is 6. The van der Waals surface area contributed by atoms with Gasteiger partial charge in [0.1, 0.15) is 0 Å². The summed E-state index contributed by atoms with van der Waals surface area (Å²) in [4.78, 5) is 17.5. The van der Waals surface area contributed by atoms with Gasteiger partial charge in [0, 0.05) is 11.7 Å². The molecule has 0 bridgehead atoms. The number of amides is 1. The molecule has 1 aromatic heterocycles. The Bertz CT molecular complexity index is 765. The summed E-state index contributed by atoms with van der Waals surface area (Å²) >= 11 is 1.58. The molecule has 2 unspecified atom stereocenters. The zero-order chi connectivity index (χ0) is 19.4. The van der Waals surface area contributed by atoms with E-state index >= 15 is 0 Å². The SMILES string of the molecule is Cc1nc(SC(C)C(=O)NC(C)c2ccccc2)n(C2CCCCC2)c1C. The molecule has 0 saturated heterocycles. The van der Waals surface area contributed by atoms with Crippen LogP contribution in [0.5, 0.6) is 0 Å². The normalized spacial score (nSPS) is 17.5. The lowest BCUT2D eigenvalue weighted by atomic mass is 9.95. The first-order valence-corrected chi connectivity index (χ1v) is 10.9. The number of carbonyl (C=O) groups excluding carboxylic acids is 1. The molecule has 27 heavy (non-hydrogen) atoms. The molecular weight excluding hydrogens is 354 g/mol. The number of imidazole rings is 1. The van der Waals surface area contributed by atoms with Crippen LogP contribution in [0, 0.1) is 13.8 Å². The van der Waals surface area contributed by atoms with Crippen LogP contribution in [-0.2, 0) is 4.79 Å². The largest absolute Gasteiger partial charge is 0.349 e. The number of carbonyl (C=O) groups is 1. The van der Waals surface area contributed by atoms with Crippen molar-refractivity contribution in [3.05, 3.63) is 47.3 Å². The van der Waals surface area contributed by atoms with Crippen LogP contribution in [0.1, 0.15) is 75.0 Å². The van der Waals surface area contributed by atoms with Crippen molar-refractivity contribution in [2.45, 2.75) is 82.3 Å². The van der Waals surface area contributed by atoms with Gasteiger partial charge in [-0.25, -0.2) is 4.98 Å². The van der Waals surface area contributed by atoms with Crippen molar-refractivity contribution in [1.29, 1.82) is 0 Å². The predicted octanol–water partition coefficient (Wildman–Crippen LogP) is 5.36. The predicted molar refractivity (Wildman–Crippen MR) is 112 cm³/mol. The fraction of sp³-hybridized carbons (Fsp3) is 0.545. The van der Waals surface area contributed by atoms with Crippen LogP contribution in [0.25, 0.3) is 0 Å². The molecule has 3 rings (SSSR count). The Hall–Kier alpha value is -1.75. The van der Waals surface area contributed by atoms with Crippen LogP contribution in [0.3, 0.4) is 0 Å². The number of aryl methyl sites for hydroxylation is 1. The van der Waals surface area contributed by atoms with Crippen LogP contribution in [-0.4, -0.2) is 20.7 Å². The summed E-state index contributed by atoms with van der Waals surface area (Å²) in [7, 11) is 0. The Morgan fingerprint density at radius 3 is 2.48 bits per heavy atom. The molecule has 1 aromatic carbocycles. The first kappa shape index (κ1) is 20.0. The van der Waals surface area contributed by atoms with E-state index in [1.54, 1.807) is 11.8 Å². The first-order chi connectivity index (χ1) is 13.0. The molecule has 1 fully saturated rings. The maximum Gasteiger partial charge on any atom is 0.233 e. The summed E-state index contributed by atoms with van der Waals surface area (Å²) in [5.41, 5.74) is 3.45. The van der Waals surface area contributed by atoms with E-state index in [2.05, 4.69) is 23.7 Å². The highest BCUT2D eigenvalue weighted by Crippen LogP contribution is 2.35. The van der Waals surface area contributed by atoms with Crippen LogP contribution >= 0.6 is 11.8 Å². The van der Waals surface area contributed by atoms with Gasteiger partial charge in [0.2, 0.25) is 5.91 Å². The van der Waals surface area contributed by atoms with E-state index in [-0.39, 0.29) is 17.2 Å². The fourth-order valence-corrected chi connectivity index (χ4v) is 4.90. The topological polar surface area (TPSA) is 46.9 Å². The molecule has 1 amide bonds. The van der Waals surface area contributed by atoms with E-state index in [1.165, 1.54) is 37.8 Å². The van der Waals surface area contributed by atoms with Crippen molar-refractivity contribution in [2.75, 3.05) is 0 Å². The van der Waals surface area contributed by atoms with Gasteiger partial charge in [-0.2, -0.15) is 0 Å². The molecule has 4 nitrogen and oxygen atoms in total. The number of hydrogen-bond donors (Lipinski definition) is 1. The van der Waals surface area contributed by atoms with E-state index < -0.39 is 0 Å². The lowest BCUT2D eigenvalue weighted by Crippen LogP contribution is -2.33. The minimum atomic E-state index is -0.181. The van der Waals surface area contributed by atoms with Crippen LogP contribution in [0.4, 0.5) is 0 Å². The van der Waals surface area contributed by atoms with Gasteiger partial charge in [-0.05, 0) is 46.1 Å². The third kappa shape index (κ3) is 4.75. The van der Waals surface area contributed by atoms with Gasteiger partial charge in [0.05, 0.1) is 17.0 Å². The van der Waals surface area contributed by atoms with Crippen LogP contribution < -0.4 is 5.32 Å². The van der Waals surface area contributed by atoms with Gasteiger partial charge >= 0.3 is 0 Å². The summed E-state index contributed by atoms with van der Waals surface area (Å²) in [5, 5.41) is 3.95. The molecule has 1 aliphatic carbocycles. The van der Waals surface area contributed by atoms with Crippen molar-refractivity contribution < 1.29 is 4.79 Å². The second-order valence-corrected chi connectivity index (χ2v) is 8.94. The second kappa shape index (κ2) is 8.96. The first-order valence-electron chi connectivity index (χ1n) is 10.0. The summed E-state index contributed by atoms with van der Waals surface area (Å²) in [6, 6.07) is 10.6. The summed E-state index contributed by atoms with van der Waals surface area (Å²) in [6.45, 7) is 8.23. The van der Waals surface area contributed by atoms with Gasteiger partial charge in [-0.3, -0.25) is 4.79 Å². The number of nitrogens with zero attached hydrogens (tertiary/aromatic N) is 2. The van der Waals surface area contributed by atoms with E-state index in [1.807, 2.05) is 44.2 Å². The minimum absolute atomic E-state index is 0.00307. The van der Waals surface area contributed by atoms with E-state index in [0.717, 1.165) is 16.4 Å². The van der Waals surface area contributed by atoms with Crippen molar-refractivity contribution in [3.63, 3.8) is 0 Å². The van der Waals surface area contributed by atoms with Gasteiger partial charge in [-0.1, -0.05) is 61.4 Å². The zero-order valence-corrected chi connectivity index (χ0v) is 17.7. The Labute approximate surface area is 167 Å². The number of benzene rings is 1. The highest BCUT2D eigenvalue weighted by molar-refractivity contribution is 8.00. The molecule has 1 aliphatic rings. The van der Waals surface area contributed by atoms with Crippen molar-refractivity contribution in [3.8, 4) is 0 Å². The highest BCUT2D eigenvalue weighted by Gasteiger charge is 2.25. The second-order valence-electron chi connectivity index (χ2n) is 7.63. The van der Waals surface area contributed by atoms with Gasteiger partial charge in [-0.15, -0.1) is 0 Å². The fourth-order valence-electron chi connectivity index (χ4n) is 3.82. The Balaban J connectivity index is 1.69. The van der Waals surface area contributed by atoms with E-state index in [4.69, 9.17) is 4.98 Å². The van der Waals surface area contributed by atoms with Crippen molar-refractivity contribution in [1.82, 2.24) is 14.9 Å². The van der Waals surface area contributed by atoms with Gasteiger partial charge in [0.25, 0.3) is 0 Å². The van der Waals surface area contributed by atoms with Gasteiger partial charge < -0.3 is 9.88 Å². The maximum atomic E-state index is 12.7. The molecular formula is C22H31N3OS. The minimum Gasteiger partial charge on any atom is -0.349 e. The quantitative estimate of drug-likeness (QED) is 0.681. The molecule has 2 atom stereocenters. The summed E-state index contributed by atoms with van der Waals surface area (Å²) in [5.74, 6) is 0.0600. The molecule has 1 N–H and O–H groups in total. The molecule has 1 heterocycles. The average molecular weight is 386 g/mol. The van der Waals surface area contributed by atoms with Crippen LogP contribution in [0.2, 0.25) is 0 Å². The molecule has 0 aliphatic heterocycles. The standard InChI is InChI=1S/C22H31N3OS/c1-15-17(3)25(20-13-9-6-10-14-20)22(24-15)27-18(4)21(26)23-16(2)19-11-7-5-8-12-19/h5,7-8,11-12,16,18,20H,6,9-10,13-14H2,1-4H3,(H,23,26). The van der Waals surface area contributed by atoms with Gasteiger partial charge in [0.15, 0.2) is 5.16 Å². The molecule has 0 spiro atoms. The molecule has 2 aromatic rings. The summed E-state index contributed by atoms with van der Waals surface area (Å²) in [6.07, 6.45) is 6.35. The smallest absolute Gasteiger partial charge is 0.233 e. The van der Waals surface area contributed by atoms with Crippen LogP contribution in [0.15, 0.2) is 35.5 Å². The van der Waals surface area contributed by atoms with Crippen molar-refractivity contribution in [2.24, 2.45) is 0 Å². The monoisotopic (exact) mass is 385 g/mol. The molecule has 0 radical (unpaired) electrons. The number of aromatic nitrogens is 2. The highest BCUT2D eigenvalue weighted by atomic mass is 32.2. The molecule has 1 saturated carbocycles. The molecule has 5 heteroatoms. The van der Waals surface area contributed by atoms with E-state index in [0.29, 0.717) is 6.04 Å². The zero-order valence-electron chi connectivity index (χ0n) is 16.9. The Morgan fingerprint density at radius 2 is 1.81 bits per heavy atom. The maximum absolute atomic E-state index is 12.7. The Kier molecular flexibility index (Phi) is 6.64. The number of hydrogen-bond acceptors (Lipinski definition) is 3. The summed E-state index contributed by atoms with van der Waals surface area (Å²) < 4.78 is 2.39. The molecule has 146 valence electrons. The number of nitrogens with one attached hydrogen (secondary N) is 1. The average Bonchev–Trinajstić information content (AvgIpc) is 2.96. The lowest BCUT2D eigenvalue weighted by molar-refractivity contribution is -0.120. The third-order valence-corrected chi connectivity index (χ3v) is 6.67. The van der Waals surface area contributed by atoms with Crippen molar-refractivity contribution >= 4 is 17.7 Å². The number of thioether (sulfide) groups is 1.